The number of hydrogen-bond acceptors (Lipinski definition) is 6. The maximum atomic E-state index is 13.6. The number of aromatic nitrogens is 3. The SMILES string of the molecule is COc1ccccc1[C@@H]1c2c(n[nH]c2C(C)(C)CO)C(=O)N1c1ccc(-c2ccon2)cc1. The number of aliphatic hydroxyl groups is 1. The molecule has 8 nitrogen and oxygen atoms in total. The van der Waals surface area contributed by atoms with Crippen molar-refractivity contribution in [3.05, 3.63) is 83.4 Å². The molecule has 5 rings (SSSR count). The van der Waals surface area contributed by atoms with Crippen LogP contribution in [-0.4, -0.2) is 40.1 Å². The van der Waals surface area contributed by atoms with Crippen LogP contribution in [0.1, 0.15) is 47.2 Å². The first kappa shape index (κ1) is 21.0. The summed E-state index contributed by atoms with van der Waals surface area (Å²) in [4.78, 5) is 15.4. The molecule has 4 aromatic rings. The van der Waals surface area contributed by atoms with E-state index in [0.717, 1.165) is 28.1 Å². The largest absolute Gasteiger partial charge is 0.496 e. The Bertz CT molecular complexity index is 1290. The van der Waals surface area contributed by atoms with Crippen LogP contribution < -0.4 is 9.64 Å². The molecule has 2 aromatic carbocycles. The second-order valence-corrected chi connectivity index (χ2v) is 8.65. The number of para-hydroxylation sites is 1. The monoisotopic (exact) mass is 444 g/mol. The van der Waals surface area contributed by atoms with E-state index >= 15 is 0 Å². The molecular formula is C25H24N4O4. The molecule has 2 N–H and O–H groups in total. The van der Waals surface area contributed by atoms with Crippen molar-refractivity contribution >= 4 is 11.6 Å². The first-order valence-electron chi connectivity index (χ1n) is 10.6. The zero-order valence-corrected chi connectivity index (χ0v) is 18.6. The van der Waals surface area contributed by atoms with Gasteiger partial charge in [-0.1, -0.05) is 49.3 Å². The zero-order chi connectivity index (χ0) is 23.2. The van der Waals surface area contributed by atoms with Gasteiger partial charge >= 0.3 is 0 Å². The highest BCUT2D eigenvalue weighted by Crippen LogP contribution is 2.47. The molecule has 0 fully saturated rings. The average molecular weight is 444 g/mol. The molecule has 1 aliphatic rings. The number of nitrogens with zero attached hydrogens (tertiary/aromatic N) is 3. The lowest BCUT2D eigenvalue weighted by Gasteiger charge is -2.30. The molecule has 0 bridgehead atoms. The van der Waals surface area contributed by atoms with Crippen molar-refractivity contribution < 1.29 is 19.2 Å². The number of aliphatic hydroxyl groups excluding tert-OH is 1. The number of fused-ring (bicyclic) bond motifs is 1. The Kier molecular flexibility index (Phi) is 5.02. The van der Waals surface area contributed by atoms with Crippen molar-refractivity contribution in [1.29, 1.82) is 0 Å². The van der Waals surface area contributed by atoms with Gasteiger partial charge in [-0.3, -0.25) is 14.8 Å². The summed E-state index contributed by atoms with van der Waals surface area (Å²) in [5, 5.41) is 21.4. The van der Waals surface area contributed by atoms with Gasteiger partial charge in [0.1, 0.15) is 17.7 Å². The minimum Gasteiger partial charge on any atom is -0.496 e. The number of nitrogens with one attached hydrogen (secondary N) is 1. The van der Waals surface area contributed by atoms with Crippen molar-refractivity contribution in [1.82, 2.24) is 15.4 Å². The Morgan fingerprint density at radius 2 is 1.91 bits per heavy atom. The molecule has 1 aliphatic heterocycles. The van der Waals surface area contributed by atoms with Crippen molar-refractivity contribution in [3.63, 3.8) is 0 Å². The number of carbonyl (C=O) groups is 1. The highest BCUT2D eigenvalue weighted by atomic mass is 16.5. The number of benzene rings is 2. The summed E-state index contributed by atoms with van der Waals surface area (Å²) in [6.07, 6.45) is 1.52. The Morgan fingerprint density at radius 3 is 2.58 bits per heavy atom. The predicted molar refractivity (Wildman–Crippen MR) is 122 cm³/mol. The molecule has 3 heterocycles. The van der Waals surface area contributed by atoms with Crippen LogP contribution in [0, 0.1) is 0 Å². The van der Waals surface area contributed by atoms with E-state index in [9.17, 15) is 9.90 Å². The number of aromatic amines is 1. The summed E-state index contributed by atoms with van der Waals surface area (Å²) < 4.78 is 10.6. The van der Waals surface area contributed by atoms with Gasteiger partial charge in [0.15, 0.2) is 5.69 Å². The highest BCUT2D eigenvalue weighted by Gasteiger charge is 2.46. The summed E-state index contributed by atoms with van der Waals surface area (Å²) in [7, 11) is 1.61. The van der Waals surface area contributed by atoms with Gasteiger partial charge in [0, 0.05) is 39.6 Å². The normalized spacial score (nSPS) is 15.7. The Balaban J connectivity index is 1.68. The summed E-state index contributed by atoms with van der Waals surface area (Å²) >= 11 is 0. The number of H-pyrrole nitrogens is 1. The lowest BCUT2D eigenvalue weighted by atomic mass is 9.84. The van der Waals surface area contributed by atoms with Crippen LogP contribution in [-0.2, 0) is 5.41 Å². The van der Waals surface area contributed by atoms with E-state index in [2.05, 4.69) is 15.4 Å². The van der Waals surface area contributed by atoms with E-state index in [1.807, 2.05) is 62.4 Å². The first-order chi connectivity index (χ1) is 16.0. The summed E-state index contributed by atoms with van der Waals surface area (Å²) in [6.45, 7) is 3.74. The molecule has 33 heavy (non-hydrogen) atoms. The van der Waals surface area contributed by atoms with Gasteiger partial charge in [0.2, 0.25) is 0 Å². The fourth-order valence-corrected chi connectivity index (χ4v) is 4.34. The minimum absolute atomic E-state index is 0.0964. The average Bonchev–Trinajstić information content (AvgIpc) is 3.57. The molecule has 0 spiro atoms. The number of hydrogen-bond donors (Lipinski definition) is 2. The second kappa shape index (κ2) is 7.90. The number of rotatable bonds is 6. The van der Waals surface area contributed by atoms with Gasteiger partial charge in [0.05, 0.1) is 19.8 Å². The smallest absolute Gasteiger partial charge is 0.280 e. The minimum atomic E-state index is -0.617. The van der Waals surface area contributed by atoms with Gasteiger partial charge in [-0.25, -0.2) is 0 Å². The molecule has 0 saturated carbocycles. The van der Waals surface area contributed by atoms with Crippen LogP contribution in [0.4, 0.5) is 5.69 Å². The molecule has 1 atom stereocenters. The standard InChI is InChI=1S/C25H24N4O4/c1-25(2,14-30)23-20-21(26-27-23)24(31)29(22(20)17-6-4-5-7-19(17)32-3)16-10-8-15(9-11-16)18-12-13-33-28-18/h4-13,22,30H,14H2,1-3H3,(H,26,27)/t22-/m1/s1. The van der Waals surface area contributed by atoms with Gasteiger partial charge < -0.3 is 14.4 Å². The fraction of sp³-hybridized carbons (Fsp3) is 0.240. The van der Waals surface area contributed by atoms with Crippen LogP contribution >= 0.6 is 0 Å². The van der Waals surface area contributed by atoms with Crippen LogP contribution in [0.2, 0.25) is 0 Å². The predicted octanol–water partition coefficient (Wildman–Crippen LogP) is 4.09. The number of carbonyl (C=O) groups excluding carboxylic acids is 1. The zero-order valence-electron chi connectivity index (χ0n) is 18.6. The lowest BCUT2D eigenvalue weighted by molar-refractivity contribution is 0.0988. The maximum absolute atomic E-state index is 13.6. The van der Waals surface area contributed by atoms with Crippen molar-refractivity contribution in [2.75, 3.05) is 18.6 Å². The number of amides is 1. The molecule has 0 saturated heterocycles. The van der Waals surface area contributed by atoms with Crippen molar-refractivity contribution in [3.8, 4) is 17.0 Å². The van der Waals surface area contributed by atoms with Gasteiger partial charge in [-0.2, -0.15) is 5.10 Å². The summed E-state index contributed by atoms with van der Waals surface area (Å²) in [5.41, 5.74) is 4.37. The highest BCUT2D eigenvalue weighted by molar-refractivity contribution is 6.11. The van der Waals surface area contributed by atoms with Crippen molar-refractivity contribution in [2.24, 2.45) is 0 Å². The topological polar surface area (TPSA) is 104 Å². The third-order valence-corrected chi connectivity index (χ3v) is 6.14. The van der Waals surface area contributed by atoms with E-state index in [-0.39, 0.29) is 12.5 Å². The number of methoxy groups -OCH3 is 1. The molecule has 0 radical (unpaired) electrons. The summed E-state index contributed by atoms with van der Waals surface area (Å²) in [5.74, 6) is 0.452. The van der Waals surface area contributed by atoms with Gasteiger partial charge in [-0.15, -0.1) is 0 Å². The number of ether oxygens (including phenoxy) is 1. The lowest BCUT2D eigenvalue weighted by Crippen LogP contribution is -2.31. The second-order valence-electron chi connectivity index (χ2n) is 8.65. The number of anilines is 1. The van der Waals surface area contributed by atoms with E-state index < -0.39 is 11.5 Å². The van der Waals surface area contributed by atoms with E-state index in [1.165, 1.54) is 6.26 Å². The molecule has 0 aliphatic carbocycles. The first-order valence-corrected chi connectivity index (χ1v) is 10.6. The van der Waals surface area contributed by atoms with Gasteiger partial charge in [-0.05, 0) is 18.2 Å². The Hall–Kier alpha value is -3.91. The van der Waals surface area contributed by atoms with E-state index in [1.54, 1.807) is 18.1 Å². The molecular weight excluding hydrogens is 420 g/mol. The van der Waals surface area contributed by atoms with E-state index in [4.69, 9.17) is 9.26 Å². The maximum Gasteiger partial charge on any atom is 0.280 e. The quantitative estimate of drug-likeness (QED) is 0.464. The molecule has 168 valence electrons. The van der Waals surface area contributed by atoms with Crippen LogP contribution in [0.5, 0.6) is 5.75 Å². The van der Waals surface area contributed by atoms with Crippen LogP contribution in [0.15, 0.2) is 65.4 Å². The third-order valence-electron chi connectivity index (χ3n) is 6.14. The van der Waals surface area contributed by atoms with Crippen LogP contribution in [0.3, 0.4) is 0 Å². The fourth-order valence-electron chi connectivity index (χ4n) is 4.34. The van der Waals surface area contributed by atoms with Gasteiger partial charge in [0.25, 0.3) is 5.91 Å². The van der Waals surface area contributed by atoms with Crippen molar-refractivity contribution in [2.45, 2.75) is 25.3 Å². The molecule has 0 unspecified atom stereocenters. The molecule has 1 amide bonds. The molecule has 8 heteroatoms. The Morgan fingerprint density at radius 1 is 1.15 bits per heavy atom. The summed E-state index contributed by atoms with van der Waals surface area (Å²) in [6, 6.07) is 16.5. The molecule has 2 aromatic heterocycles. The van der Waals surface area contributed by atoms with E-state index in [0.29, 0.717) is 17.1 Å². The Labute approximate surface area is 190 Å². The third kappa shape index (κ3) is 3.30. The van der Waals surface area contributed by atoms with Crippen LogP contribution in [0.25, 0.3) is 11.3 Å².